The number of nitrogens with two attached hydrogens (primary N) is 1. The third-order valence-electron chi connectivity index (χ3n) is 4.02. The lowest BCUT2D eigenvalue weighted by Crippen LogP contribution is -2.41. The average Bonchev–Trinajstić information content (AvgIpc) is 2.53. The van der Waals surface area contributed by atoms with Gasteiger partial charge in [0.25, 0.3) is 0 Å². The highest BCUT2D eigenvalue weighted by atomic mass is 16.5. The van der Waals surface area contributed by atoms with Crippen molar-refractivity contribution in [3.63, 3.8) is 0 Å². The molecule has 0 aliphatic heterocycles. The first kappa shape index (κ1) is 11.4. The Bertz CT molecular complexity index is 206. The smallest absolute Gasteiger partial charge is 0.0612 e. The van der Waals surface area contributed by atoms with Crippen LogP contribution in [0, 0.1) is 5.92 Å². The van der Waals surface area contributed by atoms with Crippen LogP contribution in [0.4, 0.5) is 0 Å². The molecule has 2 saturated carbocycles. The lowest BCUT2D eigenvalue weighted by molar-refractivity contribution is 0.0361. The van der Waals surface area contributed by atoms with Gasteiger partial charge in [-0.05, 0) is 31.6 Å². The van der Waals surface area contributed by atoms with Crippen LogP contribution in [0.25, 0.3) is 0 Å². The third kappa shape index (κ3) is 2.92. The van der Waals surface area contributed by atoms with Crippen molar-refractivity contribution in [2.45, 2.75) is 56.6 Å². The predicted octanol–water partition coefficient (Wildman–Crippen LogP) is 1.44. The second kappa shape index (κ2) is 4.81. The summed E-state index contributed by atoms with van der Waals surface area (Å²) in [7, 11) is 0. The molecule has 2 atom stereocenters. The summed E-state index contributed by atoms with van der Waals surface area (Å²) in [6, 6.07) is 0. The van der Waals surface area contributed by atoms with Gasteiger partial charge in [-0.3, -0.25) is 0 Å². The summed E-state index contributed by atoms with van der Waals surface area (Å²) in [5.74, 6) is 0.923. The summed E-state index contributed by atoms with van der Waals surface area (Å²) < 4.78 is 5.82. The highest BCUT2D eigenvalue weighted by Gasteiger charge is 2.35. The molecule has 0 aromatic carbocycles. The van der Waals surface area contributed by atoms with Crippen LogP contribution >= 0.6 is 0 Å². The molecule has 0 heterocycles. The van der Waals surface area contributed by atoms with E-state index in [-0.39, 0.29) is 12.1 Å². The fourth-order valence-corrected chi connectivity index (χ4v) is 2.57. The highest BCUT2D eigenvalue weighted by molar-refractivity contribution is 4.93. The van der Waals surface area contributed by atoms with Gasteiger partial charge in [-0.15, -0.1) is 0 Å². The molecule has 3 N–H and O–H groups in total. The van der Waals surface area contributed by atoms with Gasteiger partial charge in [-0.2, -0.15) is 0 Å². The van der Waals surface area contributed by atoms with Crippen LogP contribution in [-0.4, -0.2) is 30.0 Å². The Kier molecular flexibility index (Phi) is 3.65. The highest BCUT2D eigenvalue weighted by Crippen LogP contribution is 2.32. The summed E-state index contributed by atoms with van der Waals surface area (Å²) in [6.45, 7) is 0.978. The summed E-state index contributed by atoms with van der Waals surface area (Å²) in [5.41, 5.74) is 5.63. The van der Waals surface area contributed by atoms with Gasteiger partial charge in [0.2, 0.25) is 0 Å². The molecule has 2 aliphatic carbocycles. The van der Waals surface area contributed by atoms with Gasteiger partial charge in [0.15, 0.2) is 0 Å². The van der Waals surface area contributed by atoms with E-state index in [0.29, 0.717) is 6.10 Å². The standard InChI is InChI=1S/C12H23NO2/c13-12(9-14)6-4-11(8-12)15-7-5-10-2-1-3-10/h10-11,14H,1-9,13H2. The van der Waals surface area contributed by atoms with E-state index in [1.54, 1.807) is 0 Å². The van der Waals surface area contributed by atoms with E-state index < -0.39 is 0 Å². The quantitative estimate of drug-likeness (QED) is 0.726. The number of aliphatic hydroxyl groups is 1. The molecule has 3 heteroatoms. The van der Waals surface area contributed by atoms with Crippen molar-refractivity contribution in [2.24, 2.45) is 11.7 Å². The molecule has 0 spiro atoms. The van der Waals surface area contributed by atoms with Gasteiger partial charge < -0.3 is 15.6 Å². The Morgan fingerprint density at radius 1 is 1.33 bits per heavy atom. The Morgan fingerprint density at radius 3 is 2.67 bits per heavy atom. The van der Waals surface area contributed by atoms with E-state index >= 15 is 0 Å². The van der Waals surface area contributed by atoms with Crippen LogP contribution in [0.5, 0.6) is 0 Å². The Hall–Kier alpha value is -0.120. The first-order chi connectivity index (χ1) is 7.22. The number of hydrogen-bond acceptors (Lipinski definition) is 3. The van der Waals surface area contributed by atoms with Gasteiger partial charge in [0, 0.05) is 12.1 Å². The van der Waals surface area contributed by atoms with Crippen molar-refractivity contribution >= 4 is 0 Å². The molecule has 2 unspecified atom stereocenters. The van der Waals surface area contributed by atoms with E-state index in [2.05, 4.69) is 0 Å². The van der Waals surface area contributed by atoms with Crippen molar-refractivity contribution in [2.75, 3.05) is 13.2 Å². The Labute approximate surface area is 92.0 Å². The molecule has 2 aliphatic rings. The van der Waals surface area contributed by atoms with Crippen LogP contribution in [0.15, 0.2) is 0 Å². The van der Waals surface area contributed by atoms with E-state index in [0.717, 1.165) is 31.8 Å². The number of rotatable bonds is 5. The van der Waals surface area contributed by atoms with Crippen LogP contribution < -0.4 is 5.73 Å². The van der Waals surface area contributed by atoms with E-state index in [4.69, 9.17) is 15.6 Å². The summed E-state index contributed by atoms with van der Waals surface area (Å²) in [6.07, 6.45) is 8.45. The average molecular weight is 213 g/mol. The minimum atomic E-state index is -0.360. The molecular formula is C12H23NO2. The first-order valence-electron chi connectivity index (χ1n) is 6.23. The van der Waals surface area contributed by atoms with Crippen molar-refractivity contribution in [3.05, 3.63) is 0 Å². The number of ether oxygens (including phenoxy) is 1. The fraction of sp³-hybridized carbons (Fsp3) is 1.00. The maximum Gasteiger partial charge on any atom is 0.0612 e. The monoisotopic (exact) mass is 213 g/mol. The molecule has 3 nitrogen and oxygen atoms in total. The maximum atomic E-state index is 9.12. The normalized spacial score (nSPS) is 36.8. The zero-order valence-electron chi connectivity index (χ0n) is 9.45. The van der Waals surface area contributed by atoms with Crippen LogP contribution in [0.3, 0.4) is 0 Å². The Morgan fingerprint density at radius 2 is 2.13 bits per heavy atom. The second-order valence-electron chi connectivity index (χ2n) is 5.34. The molecule has 2 rings (SSSR count). The zero-order chi connectivity index (χ0) is 10.7. The van der Waals surface area contributed by atoms with Crippen molar-refractivity contribution in [3.8, 4) is 0 Å². The molecular weight excluding hydrogens is 190 g/mol. The molecule has 0 amide bonds. The fourth-order valence-electron chi connectivity index (χ4n) is 2.57. The number of aliphatic hydroxyl groups excluding tert-OH is 1. The Balaban J connectivity index is 1.60. The summed E-state index contributed by atoms with van der Waals surface area (Å²) >= 11 is 0. The van der Waals surface area contributed by atoms with Gasteiger partial charge in [0.1, 0.15) is 0 Å². The van der Waals surface area contributed by atoms with Gasteiger partial charge in [-0.25, -0.2) is 0 Å². The maximum absolute atomic E-state index is 9.12. The van der Waals surface area contributed by atoms with E-state index in [1.807, 2.05) is 0 Å². The molecule has 15 heavy (non-hydrogen) atoms. The van der Waals surface area contributed by atoms with Crippen LogP contribution in [0.1, 0.15) is 44.9 Å². The number of hydrogen-bond donors (Lipinski definition) is 2. The second-order valence-corrected chi connectivity index (χ2v) is 5.34. The molecule has 88 valence electrons. The van der Waals surface area contributed by atoms with Gasteiger partial charge in [-0.1, -0.05) is 19.3 Å². The van der Waals surface area contributed by atoms with Gasteiger partial charge in [0.05, 0.1) is 12.7 Å². The summed E-state index contributed by atoms with van der Waals surface area (Å²) in [5, 5.41) is 9.12. The molecule has 0 radical (unpaired) electrons. The van der Waals surface area contributed by atoms with Crippen LogP contribution in [-0.2, 0) is 4.74 Å². The predicted molar refractivity (Wildman–Crippen MR) is 59.6 cm³/mol. The third-order valence-corrected chi connectivity index (χ3v) is 4.02. The molecule has 2 fully saturated rings. The van der Waals surface area contributed by atoms with Crippen molar-refractivity contribution in [1.29, 1.82) is 0 Å². The van der Waals surface area contributed by atoms with Gasteiger partial charge >= 0.3 is 0 Å². The molecule has 0 saturated heterocycles. The first-order valence-corrected chi connectivity index (χ1v) is 6.23. The van der Waals surface area contributed by atoms with E-state index in [9.17, 15) is 0 Å². The lowest BCUT2D eigenvalue weighted by Gasteiger charge is -2.26. The topological polar surface area (TPSA) is 55.5 Å². The lowest BCUT2D eigenvalue weighted by atomic mass is 9.83. The zero-order valence-corrected chi connectivity index (χ0v) is 9.45. The largest absolute Gasteiger partial charge is 0.394 e. The summed E-state index contributed by atoms with van der Waals surface area (Å²) in [4.78, 5) is 0. The SMILES string of the molecule is NC1(CO)CCC(OCCC2CCC2)C1. The minimum absolute atomic E-state index is 0.0927. The minimum Gasteiger partial charge on any atom is -0.394 e. The van der Waals surface area contributed by atoms with Crippen LogP contribution in [0.2, 0.25) is 0 Å². The molecule has 0 aromatic rings. The molecule has 0 aromatic heterocycles. The van der Waals surface area contributed by atoms with E-state index in [1.165, 1.54) is 25.7 Å². The molecule has 0 bridgehead atoms. The van der Waals surface area contributed by atoms with Crippen molar-refractivity contribution in [1.82, 2.24) is 0 Å². The van der Waals surface area contributed by atoms with Crippen molar-refractivity contribution < 1.29 is 9.84 Å².